The van der Waals surface area contributed by atoms with Crippen LogP contribution in [0.15, 0.2) is 0 Å². The van der Waals surface area contributed by atoms with Crippen LogP contribution in [-0.2, 0) is 11.1 Å². The van der Waals surface area contributed by atoms with Gasteiger partial charge in [-0.2, -0.15) is 0 Å². The molecule has 0 N–H and O–H groups in total. The number of nitrogens with zero attached hydrogens (tertiary/aromatic N) is 1. The molecule has 4 heteroatoms. The van der Waals surface area contributed by atoms with Gasteiger partial charge in [0, 0.05) is 12.3 Å². The lowest BCUT2D eigenvalue weighted by Crippen LogP contribution is -2.42. The summed E-state index contributed by atoms with van der Waals surface area (Å²) in [6.45, 7) is 9.77. The highest BCUT2D eigenvalue weighted by atomic mass is 32.2. The van der Waals surface area contributed by atoms with Gasteiger partial charge in [0.2, 0.25) is 0 Å². The lowest BCUT2D eigenvalue weighted by molar-refractivity contribution is 0.123. The average molecular weight is 232 g/mol. The molecule has 1 aliphatic heterocycles. The van der Waals surface area contributed by atoms with E-state index >= 15 is 0 Å². The molecule has 0 radical (unpaired) electrons. The molecule has 0 aliphatic carbocycles. The zero-order chi connectivity index (χ0) is 11.5. The number of hydrogen-bond donors (Lipinski definition) is 0. The lowest BCUT2D eigenvalue weighted by Gasteiger charge is -2.40. The van der Waals surface area contributed by atoms with E-state index in [2.05, 4.69) is 25.7 Å². The minimum atomic E-state index is -1.89. The van der Waals surface area contributed by atoms with Gasteiger partial charge in [-0.15, -0.1) is 0 Å². The van der Waals surface area contributed by atoms with E-state index in [1.165, 1.54) is 0 Å². The Hall–Kier alpha value is 0.0700. The summed E-state index contributed by atoms with van der Waals surface area (Å²) in [5.74, 6) is 1.02. The summed E-state index contributed by atoms with van der Waals surface area (Å²) in [6.07, 6.45) is 2.02. The SMILES string of the molecule is CC(C)CN1CCC(C)(CS(=O)[O-])CC1. The molecule has 1 aliphatic rings. The van der Waals surface area contributed by atoms with Crippen molar-refractivity contribution in [1.29, 1.82) is 0 Å². The van der Waals surface area contributed by atoms with Crippen LogP contribution in [0.2, 0.25) is 0 Å². The summed E-state index contributed by atoms with van der Waals surface area (Å²) in [4.78, 5) is 2.44. The quantitative estimate of drug-likeness (QED) is 0.692. The van der Waals surface area contributed by atoms with Gasteiger partial charge in [0.1, 0.15) is 0 Å². The zero-order valence-electron chi connectivity index (χ0n) is 9.99. The minimum absolute atomic E-state index is 0.0140. The fourth-order valence-corrected chi connectivity index (χ4v) is 3.08. The van der Waals surface area contributed by atoms with Crippen molar-refractivity contribution in [2.24, 2.45) is 11.3 Å². The summed E-state index contributed by atoms with van der Waals surface area (Å²) in [7, 11) is 0. The molecular formula is C11H22NO2S-. The number of likely N-dealkylation sites (tertiary alicyclic amines) is 1. The van der Waals surface area contributed by atoms with Gasteiger partial charge in [-0.05, 0) is 37.3 Å². The topological polar surface area (TPSA) is 43.4 Å². The van der Waals surface area contributed by atoms with Gasteiger partial charge in [-0.3, -0.25) is 4.21 Å². The first-order valence-corrected chi connectivity index (χ1v) is 6.94. The van der Waals surface area contributed by atoms with Crippen molar-refractivity contribution in [2.45, 2.75) is 33.6 Å². The van der Waals surface area contributed by atoms with E-state index < -0.39 is 11.1 Å². The van der Waals surface area contributed by atoms with Gasteiger partial charge in [-0.1, -0.05) is 31.9 Å². The largest absolute Gasteiger partial charge is 0.772 e. The molecule has 0 bridgehead atoms. The Labute approximate surface area is 95.5 Å². The summed E-state index contributed by atoms with van der Waals surface area (Å²) < 4.78 is 21.4. The van der Waals surface area contributed by atoms with Gasteiger partial charge >= 0.3 is 0 Å². The predicted octanol–water partition coefficient (Wildman–Crippen LogP) is 1.62. The number of rotatable bonds is 4. The van der Waals surface area contributed by atoms with E-state index in [-0.39, 0.29) is 5.41 Å². The van der Waals surface area contributed by atoms with Gasteiger partial charge in [-0.25, -0.2) is 0 Å². The molecule has 1 fully saturated rings. The third kappa shape index (κ3) is 4.62. The standard InChI is InChI=1S/C11H23NO2S/c1-10(2)8-12-6-4-11(3,5-7-12)9-15(13)14/h10H,4-9H2,1-3H3,(H,13,14)/p-1. The molecule has 0 amide bonds. The first-order chi connectivity index (χ1) is 6.91. The second-order valence-electron chi connectivity index (χ2n) is 5.45. The molecule has 0 aromatic heterocycles. The zero-order valence-corrected chi connectivity index (χ0v) is 10.8. The third-order valence-corrected chi connectivity index (χ3v) is 4.09. The van der Waals surface area contributed by atoms with Crippen LogP contribution in [0.1, 0.15) is 33.6 Å². The van der Waals surface area contributed by atoms with Crippen molar-refractivity contribution in [3.63, 3.8) is 0 Å². The van der Waals surface area contributed by atoms with Crippen LogP contribution in [0.3, 0.4) is 0 Å². The molecule has 3 nitrogen and oxygen atoms in total. The van der Waals surface area contributed by atoms with Crippen LogP contribution in [0.5, 0.6) is 0 Å². The predicted molar refractivity (Wildman–Crippen MR) is 62.4 cm³/mol. The summed E-state index contributed by atoms with van der Waals surface area (Å²) in [5, 5.41) is 0. The fraction of sp³-hybridized carbons (Fsp3) is 1.00. The Morgan fingerprint density at radius 1 is 1.40 bits per heavy atom. The van der Waals surface area contributed by atoms with Crippen LogP contribution < -0.4 is 0 Å². The Balaban J connectivity index is 2.37. The minimum Gasteiger partial charge on any atom is -0.772 e. The first kappa shape index (κ1) is 13.1. The molecule has 1 unspecified atom stereocenters. The second kappa shape index (κ2) is 5.41. The maximum Gasteiger partial charge on any atom is 0.0156 e. The summed E-state index contributed by atoms with van der Waals surface area (Å²) in [5.41, 5.74) is 0.0140. The van der Waals surface area contributed by atoms with Gasteiger partial charge in [0.15, 0.2) is 0 Å². The summed E-state index contributed by atoms with van der Waals surface area (Å²) in [6, 6.07) is 0. The van der Waals surface area contributed by atoms with E-state index in [0.29, 0.717) is 11.7 Å². The van der Waals surface area contributed by atoms with Crippen LogP contribution >= 0.6 is 0 Å². The molecule has 15 heavy (non-hydrogen) atoms. The highest BCUT2D eigenvalue weighted by Gasteiger charge is 2.30. The van der Waals surface area contributed by atoms with E-state index in [4.69, 9.17) is 0 Å². The Morgan fingerprint density at radius 3 is 2.33 bits per heavy atom. The molecule has 90 valence electrons. The molecular weight excluding hydrogens is 210 g/mol. The highest BCUT2D eigenvalue weighted by Crippen LogP contribution is 2.31. The van der Waals surface area contributed by atoms with E-state index in [1.807, 2.05) is 0 Å². The maximum atomic E-state index is 10.7. The lowest BCUT2D eigenvalue weighted by atomic mass is 9.82. The van der Waals surface area contributed by atoms with E-state index in [1.54, 1.807) is 0 Å². The Morgan fingerprint density at radius 2 is 1.93 bits per heavy atom. The molecule has 0 aromatic rings. The molecule has 1 atom stereocenters. The Bertz CT molecular complexity index is 223. The van der Waals surface area contributed by atoms with E-state index in [0.717, 1.165) is 32.5 Å². The highest BCUT2D eigenvalue weighted by molar-refractivity contribution is 7.79. The van der Waals surface area contributed by atoms with Crippen LogP contribution in [0.4, 0.5) is 0 Å². The first-order valence-electron chi connectivity index (χ1n) is 5.69. The number of hydrogen-bond acceptors (Lipinski definition) is 3. The van der Waals surface area contributed by atoms with Gasteiger partial charge < -0.3 is 9.45 Å². The van der Waals surface area contributed by atoms with Crippen molar-refractivity contribution < 1.29 is 8.76 Å². The molecule has 1 rings (SSSR count). The molecule has 0 aromatic carbocycles. The molecule has 1 saturated heterocycles. The molecule has 0 spiro atoms. The van der Waals surface area contributed by atoms with Crippen LogP contribution in [-0.4, -0.2) is 39.0 Å². The molecule has 0 saturated carbocycles. The van der Waals surface area contributed by atoms with Gasteiger partial charge in [0.05, 0.1) is 0 Å². The number of piperidine rings is 1. The summed E-state index contributed by atoms with van der Waals surface area (Å²) >= 11 is -1.89. The fourth-order valence-electron chi connectivity index (χ4n) is 2.22. The monoisotopic (exact) mass is 232 g/mol. The van der Waals surface area contributed by atoms with Crippen molar-refractivity contribution >= 4 is 11.1 Å². The van der Waals surface area contributed by atoms with Crippen molar-refractivity contribution in [3.8, 4) is 0 Å². The molecule has 1 heterocycles. The second-order valence-corrected chi connectivity index (χ2v) is 6.35. The smallest absolute Gasteiger partial charge is 0.0156 e. The van der Waals surface area contributed by atoms with Crippen molar-refractivity contribution in [3.05, 3.63) is 0 Å². The normalized spacial score (nSPS) is 24.3. The van der Waals surface area contributed by atoms with Crippen molar-refractivity contribution in [1.82, 2.24) is 4.90 Å². The van der Waals surface area contributed by atoms with Crippen molar-refractivity contribution in [2.75, 3.05) is 25.4 Å². The maximum absolute atomic E-state index is 10.7. The van der Waals surface area contributed by atoms with Crippen LogP contribution in [0, 0.1) is 11.3 Å². The van der Waals surface area contributed by atoms with Crippen LogP contribution in [0.25, 0.3) is 0 Å². The third-order valence-electron chi connectivity index (χ3n) is 3.15. The van der Waals surface area contributed by atoms with E-state index in [9.17, 15) is 8.76 Å². The van der Waals surface area contributed by atoms with Gasteiger partial charge in [0.25, 0.3) is 0 Å². The average Bonchev–Trinajstić information content (AvgIpc) is 2.07. The Kier molecular flexibility index (Phi) is 4.74.